The number of aryl methyl sites for hydroxylation is 2. The Morgan fingerprint density at radius 1 is 1.12 bits per heavy atom. The van der Waals surface area contributed by atoms with Gasteiger partial charge in [-0.1, -0.05) is 17.7 Å². The lowest BCUT2D eigenvalue weighted by atomic mass is 9.84. The molecule has 26 heavy (non-hydrogen) atoms. The lowest BCUT2D eigenvalue weighted by molar-refractivity contribution is -0.363. The van der Waals surface area contributed by atoms with Crippen LogP contribution in [0.2, 0.25) is 5.02 Å². The standard InChI is InChI=1S/C19H17BBrClF2N2/c1-10-7-12(3)25-18(10)17(14-5-6-16(22)15(21)9-14)19-11(2)8-13(4)26(19)20(25,23)24/h5-9H,1-4H3. The maximum absolute atomic E-state index is 15.5. The minimum Gasteiger partial charge on any atom is -0.393 e. The summed E-state index contributed by atoms with van der Waals surface area (Å²) in [4.78, 5) is 0. The third kappa shape index (κ3) is 2.24. The van der Waals surface area contributed by atoms with E-state index < -0.39 is 6.97 Å². The summed E-state index contributed by atoms with van der Waals surface area (Å²) in [6, 6.07) is 7.40. The summed E-state index contributed by atoms with van der Waals surface area (Å²) in [5, 5.41) is 0.589. The molecule has 0 saturated heterocycles. The Hall–Kier alpha value is -1.66. The van der Waals surface area contributed by atoms with E-state index in [4.69, 9.17) is 11.6 Å². The van der Waals surface area contributed by atoms with Crippen LogP contribution in [0.15, 0.2) is 46.1 Å². The third-order valence-electron chi connectivity index (χ3n) is 5.14. The van der Waals surface area contributed by atoms with Gasteiger partial charge < -0.3 is 17.6 Å². The highest BCUT2D eigenvalue weighted by molar-refractivity contribution is 9.10. The fourth-order valence-corrected chi connectivity index (χ4v) is 4.72. The molecule has 1 aromatic carbocycles. The van der Waals surface area contributed by atoms with E-state index >= 15 is 8.63 Å². The predicted octanol–water partition coefficient (Wildman–Crippen LogP) is 5.95. The molecule has 0 atom stereocenters. The van der Waals surface area contributed by atoms with Crippen molar-refractivity contribution in [3.8, 4) is 0 Å². The molecule has 0 amide bonds. The largest absolute Gasteiger partial charge is 0.737 e. The molecule has 2 aromatic rings. The fraction of sp³-hybridized carbons (Fsp3) is 0.211. The van der Waals surface area contributed by atoms with E-state index in [0.717, 1.165) is 26.7 Å². The molecule has 0 spiro atoms. The fourth-order valence-electron chi connectivity index (χ4n) is 4.22. The van der Waals surface area contributed by atoms with E-state index in [1.807, 2.05) is 38.1 Å². The van der Waals surface area contributed by atoms with E-state index in [1.165, 1.54) is 8.96 Å². The first-order valence-corrected chi connectivity index (χ1v) is 9.54. The summed E-state index contributed by atoms with van der Waals surface area (Å²) in [5.41, 5.74) is 5.63. The Kier molecular flexibility index (Phi) is 3.87. The van der Waals surface area contributed by atoms with Gasteiger partial charge in [0.2, 0.25) is 0 Å². The van der Waals surface area contributed by atoms with Crippen LogP contribution in [0, 0.1) is 13.8 Å². The minimum atomic E-state index is -3.94. The minimum absolute atomic E-state index is 0.560. The van der Waals surface area contributed by atoms with Crippen LogP contribution in [0.25, 0.3) is 5.57 Å². The number of benzene rings is 1. The van der Waals surface area contributed by atoms with Crippen molar-refractivity contribution in [3.63, 3.8) is 0 Å². The zero-order chi connectivity index (χ0) is 19.0. The predicted molar refractivity (Wildman–Crippen MR) is 107 cm³/mol. The summed E-state index contributed by atoms with van der Waals surface area (Å²) >= 11 is 9.61. The van der Waals surface area contributed by atoms with Crippen LogP contribution in [0.5, 0.6) is 0 Å². The van der Waals surface area contributed by atoms with E-state index in [1.54, 1.807) is 19.9 Å². The van der Waals surface area contributed by atoms with Gasteiger partial charge in [-0.2, -0.15) is 0 Å². The molecule has 3 heterocycles. The molecule has 4 rings (SSSR count). The summed E-state index contributed by atoms with van der Waals surface area (Å²) in [5.74, 6) is 0. The molecule has 0 radical (unpaired) electrons. The van der Waals surface area contributed by atoms with Gasteiger partial charge in [-0.3, -0.25) is 0 Å². The van der Waals surface area contributed by atoms with Crippen molar-refractivity contribution < 1.29 is 13.1 Å². The zero-order valence-electron chi connectivity index (χ0n) is 14.9. The highest BCUT2D eigenvalue weighted by Crippen LogP contribution is 2.44. The van der Waals surface area contributed by atoms with Gasteiger partial charge in [0.1, 0.15) is 5.71 Å². The van der Waals surface area contributed by atoms with E-state index in [0.29, 0.717) is 27.8 Å². The van der Waals surface area contributed by atoms with Gasteiger partial charge in [-0.25, -0.2) is 0 Å². The van der Waals surface area contributed by atoms with Crippen LogP contribution < -0.4 is 0 Å². The number of allylic oxidation sites excluding steroid dienone is 2. The number of hydrogen-bond donors (Lipinski definition) is 0. The zero-order valence-corrected chi connectivity index (χ0v) is 17.2. The first kappa shape index (κ1) is 17.7. The van der Waals surface area contributed by atoms with Gasteiger partial charge in [0.25, 0.3) is 0 Å². The quantitative estimate of drug-likeness (QED) is 0.487. The van der Waals surface area contributed by atoms with Crippen molar-refractivity contribution in [1.82, 2.24) is 4.48 Å². The van der Waals surface area contributed by atoms with Crippen LogP contribution >= 0.6 is 27.5 Å². The maximum atomic E-state index is 15.5. The lowest BCUT2D eigenvalue weighted by Crippen LogP contribution is -2.51. The van der Waals surface area contributed by atoms with Crippen molar-refractivity contribution >= 4 is 45.8 Å². The monoisotopic (exact) mass is 436 g/mol. The van der Waals surface area contributed by atoms with E-state index in [2.05, 4.69) is 15.9 Å². The highest BCUT2D eigenvalue weighted by atomic mass is 79.9. The van der Waals surface area contributed by atoms with E-state index in [-0.39, 0.29) is 0 Å². The summed E-state index contributed by atoms with van der Waals surface area (Å²) in [7, 11) is 0. The Morgan fingerprint density at radius 3 is 2.46 bits per heavy atom. The Balaban J connectivity index is 2.17. The van der Waals surface area contributed by atoms with Gasteiger partial charge >= 0.3 is 6.97 Å². The average Bonchev–Trinajstić information content (AvgIpc) is 3.01. The molecule has 0 unspecified atom stereocenters. The summed E-state index contributed by atoms with van der Waals surface area (Å²) < 4.78 is 34.2. The van der Waals surface area contributed by atoms with Crippen molar-refractivity contribution in [2.45, 2.75) is 27.7 Å². The SMILES string of the molecule is CC1=CC(C)=[N+]2C1=C(c1ccc(Cl)c(Br)c1)c1c(C)cc(C)n1[B-]2(F)F. The number of aromatic nitrogens is 1. The number of fused-ring (bicyclic) bond motifs is 2. The molecule has 0 saturated carbocycles. The molecule has 0 aliphatic carbocycles. The molecule has 2 aliphatic rings. The number of hydrogen-bond acceptors (Lipinski definition) is 0. The molecule has 2 nitrogen and oxygen atoms in total. The summed E-state index contributed by atoms with van der Waals surface area (Å²) in [6.45, 7) is 3.30. The number of halogens is 4. The van der Waals surface area contributed by atoms with Crippen LogP contribution in [0.4, 0.5) is 8.63 Å². The Bertz CT molecular complexity index is 1080. The second kappa shape index (κ2) is 5.67. The second-order valence-electron chi connectivity index (χ2n) is 6.97. The maximum Gasteiger partial charge on any atom is 0.737 e. The molecule has 0 bridgehead atoms. The van der Waals surface area contributed by atoms with Gasteiger partial charge in [0.05, 0.1) is 10.6 Å². The number of nitrogens with zero attached hydrogens (tertiary/aromatic N) is 2. The lowest BCUT2D eigenvalue weighted by Gasteiger charge is -2.34. The molecule has 134 valence electrons. The third-order valence-corrected chi connectivity index (χ3v) is 6.36. The Labute approximate surface area is 164 Å². The summed E-state index contributed by atoms with van der Waals surface area (Å²) in [6.07, 6.45) is 1.83. The Morgan fingerprint density at radius 2 is 1.81 bits per heavy atom. The highest BCUT2D eigenvalue weighted by Gasteiger charge is 2.55. The second-order valence-corrected chi connectivity index (χ2v) is 8.23. The van der Waals surface area contributed by atoms with Gasteiger partial charge in [0.15, 0.2) is 5.70 Å². The van der Waals surface area contributed by atoms with E-state index in [9.17, 15) is 0 Å². The van der Waals surface area contributed by atoms with Crippen LogP contribution in [0.3, 0.4) is 0 Å². The van der Waals surface area contributed by atoms with Crippen molar-refractivity contribution in [2.75, 3.05) is 0 Å². The smallest absolute Gasteiger partial charge is 0.393 e. The molecule has 1 aromatic heterocycles. The molecule has 0 N–H and O–H groups in total. The molecular formula is C19H17BBrClF2N2. The van der Waals surface area contributed by atoms with Crippen molar-refractivity contribution in [3.05, 3.63) is 73.6 Å². The molecule has 2 aliphatic heterocycles. The van der Waals surface area contributed by atoms with Crippen LogP contribution in [-0.4, -0.2) is 21.6 Å². The van der Waals surface area contributed by atoms with Gasteiger partial charge in [0, 0.05) is 28.7 Å². The first-order chi connectivity index (χ1) is 12.1. The van der Waals surface area contributed by atoms with Crippen LogP contribution in [0.1, 0.15) is 36.4 Å². The van der Waals surface area contributed by atoms with Crippen molar-refractivity contribution in [1.29, 1.82) is 0 Å². The first-order valence-electron chi connectivity index (χ1n) is 8.37. The molecule has 7 heteroatoms. The topological polar surface area (TPSA) is 7.94 Å². The number of rotatable bonds is 1. The normalized spacial score (nSPS) is 18.2. The molecular weight excluding hydrogens is 420 g/mol. The molecule has 0 fully saturated rings. The van der Waals surface area contributed by atoms with Gasteiger partial charge in [-0.05, 0) is 71.7 Å². The van der Waals surface area contributed by atoms with Crippen molar-refractivity contribution in [2.24, 2.45) is 0 Å². The average molecular weight is 438 g/mol. The van der Waals surface area contributed by atoms with Crippen LogP contribution in [-0.2, 0) is 0 Å². The van der Waals surface area contributed by atoms with Gasteiger partial charge in [-0.15, -0.1) is 0 Å².